The van der Waals surface area contributed by atoms with Gasteiger partial charge in [0.1, 0.15) is 0 Å². The Morgan fingerprint density at radius 3 is 2.81 bits per heavy atom. The molecule has 0 aliphatic heterocycles. The molecule has 2 rings (SSSR count). The van der Waals surface area contributed by atoms with Gasteiger partial charge >= 0.3 is 0 Å². The molecule has 0 radical (unpaired) electrons. The van der Waals surface area contributed by atoms with E-state index in [1.807, 2.05) is 17.5 Å². The predicted molar refractivity (Wildman–Crippen MR) is 71.9 cm³/mol. The van der Waals surface area contributed by atoms with E-state index in [4.69, 9.17) is 0 Å². The van der Waals surface area contributed by atoms with Gasteiger partial charge in [-0.2, -0.15) is 0 Å². The molecule has 0 aliphatic carbocycles. The van der Waals surface area contributed by atoms with Crippen LogP contribution in [0.15, 0.2) is 40.2 Å². The quantitative estimate of drug-likeness (QED) is 0.904. The number of rotatable bonds is 3. The van der Waals surface area contributed by atoms with Crippen LogP contribution in [0.25, 0.3) is 0 Å². The molecule has 0 bridgehead atoms. The van der Waals surface area contributed by atoms with Crippen LogP contribution in [0.4, 0.5) is 0 Å². The summed E-state index contributed by atoms with van der Waals surface area (Å²) in [5.74, 6) is 0. The van der Waals surface area contributed by atoms with Gasteiger partial charge in [0.25, 0.3) is 0 Å². The Bertz CT molecular complexity index is 478. The van der Waals surface area contributed by atoms with Crippen LogP contribution in [0.2, 0.25) is 0 Å². The molecule has 2 aromatic rings. The van der Waals surface area contributed by atoms with Gasteiger partial charge in [-0.1, -0.05) is 29.8 Å². The van der Waals surface area contributed by atoms with Gasteiger partial charge in [0, 0.05) is 15.8 Å². The molecule has 0 spiro atoms. The van der Waals surface area contributed by atoms with Gasteiger partial charge in [0.2, 0.25) is 0 Å². The van der Waals surface area contributed by atoms with Crippen molar-refractivity contribution in [2.75, 3.05) is 0 Å². The first kappa shape index (κ1) is 11.8. The lowest BCUT2D eigenvalue weighted by atomic mass is 10.0. The molecule has 84 valence electrons. The van der Waals surface area contributed by atoms with Gasteiger partial charge in [0.15, 0.2) is 0 Å². The number of aryl methyl sites for hydroxylation is 1. The molecular weight excluding hydrogens is 284 g/mol. The zero-order chi connectivity index (χ0) is 11.5. The molecule has 1 N–H and O–H groups in total. The summed E-state index contributed by atoms with van der Waals surface area (Å²) >= 11 is 5.03. The Balaban J connectivity index is 2.14. The Kier molecular flexibility index (Phi) is 3.79. The molecule has 1 aromatic heterocycles. The van der Waals surface area contributed by atoms with Crippen molar-refractivity contribution in [3.8, 4) is 0 Å². The van der Waals surface area contributed by atoms with Crippen molar-refractivity contribution in [2.45, 2.75) is 19.4 Å². The van der Waals surface area contributed by atoms with E-state index in [0.29, 0.717) is 6.42 Å². The van der Waals surface area contributed by atoms with Gasteiger partial charge in [-0.3, -0.25) is 0 Å². The summed E-state index contributed by atoms with van der Waals surface area (Å²) in [6, 6.07) is 10.2. The van der Waals surface area contributed by atoms with Crippen molar-refractivity contribution in [2.24, 2.45) is 0 Å². The Morgan fingerprint density at radius 1 is 1.38 bits per heavy atom. The van der Waals surface area contributed by atoms with E-state index in [9.17, 15) is 5.11 Å². The minimum Gasteiger partial charge on any atom is -0.387 e. The van der Waals surface area contributed by atoms with Crippen LogP contribution in [-0.4, -0.2) is 5.11 Å². The number of aliphatic hydroxyl groups excluding tert-OH is 1. The van der Waals surface area contributed by atoms with E-state index in [0.717, 1.165) is 9.35 Å². The highest BCUT2D eigenvalue weighted by Crippen LogP contribution is 2.30. The molecule has 1 atom stereocenters. The first-order valence-electron chi connectivity index (χ1n) is 5.13. The van der Waals surface area contributed by atoms with Crippen LogP contribution in [0.3, 0.4) is 0 Å². The van der Waals surface area contributed by atoms with Gasteiger partial charge in [-0.05, 0) is 39.9 Å². The number of thiophene rings is 1. The van der Waals surface area contributed by atoms with Crippen molar-refractivity contribution >= 4 is 27.3 Å². The average molecular weight is 297 g/mol. The maximum absolute atomic E-state index is 10.1. The Morgan fingerprint density at radius 2 is 2.19 bits per heavy atom. The van der Waals surface area contributed by atoms with Gasteiger partial charge in [-0.15, -0.1) is 11.3 Å². The summed E-state index contributed by atoms with van der Waals surface area (Å²) in [5, 5.41) is 12.1. The molecule has 16 heavy (non-hydrogen) atoms. The second-order valence-electron chi connectivity index (χ2n) is 3.84. The molecular formula is C13H13BrOS. The normalized spacial score (nSPS) is 12.7. The lowest BCUT2D eigenvalue weighted by molar-refractivity contribution is 0.181. The summed E-state index contributed by atoms with van der Waals surface area (Å²) < 4.78 is 0.998. The smallest absolute Gasteiger partial charge is 0.0933 e. The lowest BCUT2D eigenvalue weighted by Crippen LogP contribution is -2.00. The Labute approximate surface area is 108 Å². The number of halogens is 1. The average Bonchev–Trinajstić information content (AvgIpc) is 2.64. The summed E-state index contributed by atoms with van der Waals surface area (Å²) in [6.45, 7) is 2.07. The minimum absolute atomic E-state index is 0.420. The van der Waals surface area contributed by atoms with Gasteiger partial charge < -0.3 is 5.11 Å². The van der Waals surface area contributed by atoms with Gasteiger partial charge in [-0.25, -0.2) is 0 Å². The molecule has 1 unspecified atom stereocenters. The molecule has 0 saturated carbocycles. The van der Waals surface area contributed by atoms with Crippen LogP contribution in [0, 0.1) is 6.92 Å². The van der Waals surface area contributed by atoms with Crippen LogP contribution in [-0.2, 0) is 6.42 Å². The van der Waals surface area contributed by atoms with Gasteiger partial charge in [0.05, 0.1) is 6.10 Å². The number of hydrogen-bond donors (Lipinski definition) is 1. The minimum atomic E-state index is -0.420. The molecule has 1 heterocycles. The van der Waals surface area contributed by atoms with Crippen LogP contribution >= 0.6 is 27.3 Å². The largest absolute Gasteiger partial charge is 0.387 e. The fourth-order valence-corrected chi connectivity index (χ4v) is 3.32. The van der Waals surface area contributed by atoms with E-state index in [-0.39, 0.29) is 0 Å². The third kappa shape index (κ3) is 2.73. The molecule has 0 aliphatic rings. The zero-order valence-electron chi connectivity index (χ0n) is 8.98. The Hall–Kier alpha value is -0.640. The van der Waals surface area contributed by atoms with Crippen LogP contribution in [0.5, 0.6) is 0 Å². The summed E-state index contributed by atoms with van der Waals surface area (Å²) in [7, 11) is 0. The lowest BCUT2D eigenvalue weighted by Gasteiger charge is -2.10. The second kappa shape index (κ2) is 5.13. The maximum Gasteiger partial charge on any atom is 0.0933 e. The summed E-state index contributed by atoms with van der Waals surface area (Å²) in [5.41, 5.74) is 2.41. The molecule has 0 amide bonds. The fourth-order valence-electron chi connectivity index (χ4n) is 1.70. The van der Waals surface area contributed by atoms with Crippen molar-refractivity contribution in [1.29, 1.82) is 0 Å². The predicted octanol–water partition coefficient (Wildman–Crippen LogP) is 4.10. The zero-order valence-corrected chi connectivity index (χ0v) is 11.4. The van der Waals surface area contributed by atoms with Crippen molar-refractivity contribution < 1.29 is 5.11 Å². The van der Waals surface area contributed by atoms with Crippen molar-refractivity contribution in [1.82, 2.24) is 0 Å². The number of aliphatic hydroxyl groups is 1. The van der Waals surface area contributed by atoms with E-state index in [1.165, 1.54) is 11.1 Å². The van der Waals surface area contributed by atoms with E-state index in [1.54, 1.807) is 11.3 Å². The van der Waals surface area contributed by atoms with Crippen molar-refractivity contribution in [3.63, 3.8) is 0 Å². The standard InChI is InChI=1S/C13H13BrOS/c1-9-3-2-4-10(7-9)8-12(15)13-11(14)5-6-16-13/h2-7,12,15H,8H2,1H3. The maximum atomic E-state index is 10.1. The van der Waals surface area contributed by atoms with Crippen LogP contribution < -0.4 is 0 Å². The summed E-state index contributed by atoms with van der Waals surface area (Å²) in [6.07, 6.45) is 0.247. The first-order valence-corrected chi connectivity index (χ1v) is 6.80. The van der Waals surface area contributed by atoms with E-state index >= 15 is 0 Å². The third-order valence-corrected chi connectivity index (χ3v) is 4.43. The molecule has 0 fully saturated rings. The van der Waals surface area contributed by atoms with E-state index in [2.05, 4.69) is 41.1 Å². The molecule has 1 nitrogen and oxygen atoms in total. The molecule has 0 saturated heterocycles. The number of benzene rings is 1. The first-order chi connectivity index (χ1) is 7.66. The second-order valence-corrected chi connectivity index (χ2v) is 5.64. The van der Waals surface area contributed by atoms with Crippen LogP contribution in [0.1, 0.15) is 22.1 Å². The number of hydrogen-bond acceptors (Lipinski definition) is 2. The molecule has 1 aromatic carbocycles. The topological polar surface area (TPSA) is 20.2 Å². The highest BCUT2D eigenvalue weighted by molar-refractivity contribution is 9.10. The highest BCUT2D eigenvalue weighted by Gasteiger charge is 2.13. The SMILES string of the molecule is Cc1cccc(CC(O)c2sccc2Br)c1. The monoisotopic (exact) mass is 296 g/mol. The summed E-state index contributed by atoms with van der Waals surface area (Å²) in [4.78, 5) is 1.00. The van der Waals surface area contributed by atoms with Crippen molar-refractivity contribution in [3.05, 3.63) is 56.2 Å². The third-order valence-electron chi connectivity index (χ3n) is 2.46. The van der Waals surface area contributed by atoms with E-state index < -0.39 is 6.10 Å². The highest BCUT2D eigenvalue weighted by atomic mass is 79.9. The fraction of sp³-hybridized carbons (Fsp3) is 0.231. The molecule has 3 heteroatoms.